The summed E-state index contributed by atoms with van der Waals surface area (Å²) in [5.74, 6) is -0.571. The number of benzene rings is 1. The molecule has 1 aromatic carbocycles. The Morgan fingerprint density at radius 1 is 1.33 bits per heavy atom. The van der Waals surface area contributed by atoms with Crippen LogP contribution in [-0.4, -0.2) is 22.7 Å². The summed E-state index contributed by atoms with van der Waals surface area (Å²) in [4.78, 5) is 11.8. The average molecular weight is 247 g/mol. The first-order valence-electron chi connectivity index (χ1n) is 6.15. The lowest BCUT2D eigenvalue weighted by Gasteiger charge is -2.07. The summed E-state index contributed by atoms with van der Waals surface area (Å²) in [5.41, 5.74) is 1.58. The second kappa shape index (κ2) is 5.58. The van der Waals surface area contributed by atoms with E-state index >= 15 is 0 Å². The molecule has 0 aliphatic heterocycles. The number of rotatable bonds is 4. The highest BCUT2D eigenvalue weighted by molar-refractivity contribution is 5.96. The molecule has 0 bridgehead atoms. The largest absolute Gasteiger partial charge is 0.508 e. The van der Waals surface area contributed by atoms with E-state index in [0.717, 1.165) is 25.3 Å². The predicted octanol–water partition coefficient (Wildman–Crippen LogP) is 2.33. The molecular formula is C14H17NO3. The molecule has 1 aliphatic carbocycles. The Hall–Kier alpha value is -1.97. The van der Waals surface area contributed by atoms with Crippen LogP contribution in [0, 0.1) is 0 Å². The Morgan fingerprint density at radius 3 is 2.83 bits per heavy atom. The van der Waals surface area contributed by atoms with Gasteiger partial charge in [-0.2, -0.15) is 0 Å². The van der Waals surface area contributed by atoms with Gasteiger partial charge in [-0.25, -0.2) is 0 Å². The molecule has 0 unspecified atom stereocenters. The van der Waals surface area contributed by atoms with Gasteiger partial charge >= 0.3 is 0 Å². The van der Waals surface area contributed by atoms with Crippen LogP contribution in [0.1, 0.15) is 36.0 Å². The van der Waals surface area contributed by atoms with Crippen LogP contribution in [0.4, 0.5) is 0 Å². The number of carbonyl (C=O) groups excluding carboxylic acids is 1. The van der Waals surface area contributed by atoms with Gasteiger partial charge in [0.25, 0.3) is 5.91 Å². The molecule has 1 amide bonds. The van der Waals surface area contributed by atoms with E-state index in [9.17, 15) is 9.90 Å². The number of aromatic hydroxyl groups is 2. The van der Waals surface area contributed by atoms with Crippen LogP contribution in [0.15, 0.2) is 29.8 Å². The van der Waals surface area contributed by atoms with Gasteiger partial charge in [0.2, 0.25) is 0 Å². The van der Waals surface area contributed by atoms with E-state index in [4.69, 9.17) is 5.11 Å². The molecule has 1 aromatic rings. The third kappa shape index (κ3) is 3.03. The van der Waals surface area contributed by atoms with Crippen molar-refractivity contribution in [2.75, 3.05) is 6.54 Å². The van der Waals surface area contributed by atoms with E-state index in [2.05, 4.69) is 11.4 Å². The van der Waals surface area contributed by atoms with Crippen LogP contribution in [0.3, 0.4) is 0 Å². The summed E-state index contributed by atoms with van der Waals surface area (Å²) in [6.45, 7) is 0.574. The van der Waals surface area contributed by atoms with Crippen LogP contribution < -0.4 is 5.32 Å². The lowest BCUT2D eigenvalue weighted by molar-refractivity contribution is 0.0951. The summed E-state index contributed by atoms with van der Waals surface area (Å²) in [7, 11) is 0. The van der Waals surface area contributed by atoms with Gasteiger partial charge in [-0.1, -0.05) is 11.6 Å². The van der Waals surface area contributed by atoms with Crippen molar-refractivity contribution >= 4 is 5.91 Å². The standard InChI is InChI=1S/C14H17NO3/c16-11-5-6-12(13(17)9-11)14(18)15-8-7-10-3-1-2-4-10/h3,5-6,9,16-17H,1-2,4,7-8H2,(H,15,18). The first kappa shape index (κ1) is 12.5. The SMILES string of the molecule is O=C(NCCC1=CCCC1)c1ccc(O)cc1O. The average Bonchev–Trinajstić information content (AvgIpc) is 2.81. The molecule has 18 heavy (non-hydrogen) atoms. The molecule has 96 valence electrons. The number of phenols is 2. The predicted molar refractivity (Wildman–Crippen MR) is 68.7 cm³/mol. The fourth-order valence-corrected chi connectivity index (χ4v) is 2.11. The minimum absolute atomic E-state index is 0.0554. The van der Waals surface area contributed by atoms with Crippen molar-refractivity contribution in [3.05, 3.63) is 35.4 Å². The number of amides is 1. The maximum absolute atomic E-state index is 11.8. The molecule has 4 nitrogen and oxygen atoms in total. The normalized spacial score (nSPS) is 14.3. The molecule has 0 heterocycles. The molecular weight excluding hydrogens is 230 g/mol. The van der Waals surface area contributed by atoms with Crippen molar-refractivity contribution in [2.24, 2.45) is 0 Å². The Balaban J connectivity index is 1.87. The first-order chi connectivity index (χ1) is 8.66. The molecule has 4 heteroatoms. The molecule has 0 atom stereocenters. The van der Waals surface area contributed by atoms with E-state index in [1.165, 1.54) is 24.1 Å². The van der Waals surface area contributed by atoms with Gasteiger partial charge in [0.1, 0.15) is 11.5 Å². The summed E-state index contributed by atoms with van der Waals surface area (Å²) in [6.07, 6.45) is 6.57. The molecule has 0 radical (unpaired) electrons. The number of phenolic OH excluding ortho intramolecular Hbond substituents is 2. The Bertz CT molecular complexity index is 480. The lowest BCUT2D eigenvalue weighted by atomic mass is 10.1. The Morgan fingerprint density at radius 2 is 2.17 bits per heavy atom. The van der Waals surface area contributed by atoms with E-state index < -0.39 is 0 Å². The van der Waals surface area contributed by atoms with Crippen molar-refractivity contribution in [2.45, 2.75) is 25.7 Å². The smallest absolute Gasteiger partial charge is 0.255 e. The number of nitrogens with one attached hydrogen (secondary N) is 1. The third-order valence-electron chi connectivity index (χ3n) is 3.09. The number of allylic oxidation sites excluding steroid dienone is 1. The summed E-state index contributed by atoms with van der Waals surface area (Å²) >= 11 is 0. The fourth-order valence-electron chi connectivity index (χ4n) is 2.11. The summed E-state index contributed by atoms with van der Waals surface area (Å²) < 4.78 is 0. The van der Waals surface area contributed by atoms with Crippen LogP contribution in [0.25, 0.3) is 0 Å². The van der Waals surface area contributed by atoms with Gasteiger partial charge in [-0.05, 0) is 37.8 Å². The zero-order valence-corrected chi connectivity index (χ0v) is 10.1. The minimum atomic E-state index is -0.314. The molecule has 0 saturated carbocycles. The van der Waals surface area contributed by atoms with Gasteiger partial charge < -0.3 is 15.5 Å². The Kier molecular flexibility index (Phi) is 3.87. The molecule has 3 N–H and O–H groups in total. The molecule has 0 aromatic heterocycles. The number of hydrogen-bond acceptors (Lipinski definition) is 3. The summed E-state index contributed by atoms with van der Waals surface area (Å²) in [5, 5.41) is 21.4. The van der Waals surface area contributed by atoms with Gasteiger partial charge in [-0.3, -0.25) is 4.79 Å². The second-order valence-corrected chi connectivity index (χ2v) is 4.46. The highest BCUT2D eigenvalue weighted by Gasteiger charge is 2.11. The topological polar surface area (TPSA) is 69.6 Å². The van der Waals surface area contributed by atoms with E-state index in [1.54, 1.807) is 0 Å². The van der Waals surface area contributed by atoms with Crippen LogP contribution in [0.5, 0.6) is 11.5 Å². The van der Waals surface area contributed by atoms with E-state index in [1.807, 2.05) is 0 Å². The quantitative estimate of drug-likeness (QED) is 0.715. The van der Waals surface area contributed by atoms with Crippen molar-refractivity contribution in [1.29, 1.82) is 0 Å². The van der Waals surface area contributed by atoms with Gasteiger partial charge in [-0.15, -0.1) is 0 Å². The van der Waals surface area contributed by atoms with Crippen molar-refractivity contribution in [3.8, 4) is 11.5 Å². The first-order valence-corrected chi connectivity index (χ1v) is 6.15. The molecule has 2 rings (SSSR count). The molecule has 0 fully saturated rings. The van der Waals surface area contributed by atoms with Crippen LogP contribution in [-0.2, 0) is 0 Å². The van der Waals surface area contributed by atoms with Crippen molar-refractivity contribution < 1.29 is 15.0 Å². The molecule has 0 saturated heterocycles. The Labute approximate surface area is 106 Å². The highest BCUT2D eigenvalue weighted by atomic mass is 16.3. The molecule has 1 aliphatic rings. The monoisotopic (exact) mass is 247 g/mol. The van der Waals surface area contributed by atoms with Crippen LogP contribution >= 0.6 is 0 Å². The van der Waals surface area contributed by atoms with Crippen LogP contribution in [0.2, 0.25) is 0 Å². The zero-order chi connectivity index (χ0) is 13.0. The van der Waals surface area contributed by atoms with Gasteiger partial charge in [0.05, 0.1) is 5.56 Å². The van der Waals surface area contributed by atoms with Gasteiger partial charge in [0.15, 0.2) is 0 Å². The van der Waals surface area contributed by atoms with Crippen molar-refractivity contribution in [3.63, 3.8) is 0 Å². The molecule has 0 spiro atoms. The maximum atomic E-state index is 11.8. The minimum Gasteiger partial charge on any atom is -0.508 e. The second-order valence-electron chi connectivity index (χ2n) is 4.46. The zero-order valence-electron chi connectivity index (χ0n) is 10.1. The third-order valence-corrected chi connectivity index (χ3v) is 3.09. The van der Waals surface area contributed by atoms with E-state index in [0.29, 0.717) is 6.54 Å². The number of carbonyl (C=O) groups is 1. The highest BCUT2D eigenvalue weighted by Crippen LogP contribution is 2.23. The fraction of sp³-hybridized carbons (Fsp3) is 0.357. The van der Waals surface area contributed by atoms with Crippen molar-refractivity contribution in [1.82, 2.24) is 5.32 Å². The lowest BCUT2D eigenvalue weighted by Crippen LogP contribution is -2.24. The maximum Gasteiger partial charge on any atom is 0.255 e. The van der Waals surface area contributed by atoms with Gasteiger partial charge in [0, 0.05) is 12.6 Å². The number of hydrogen-bond donors (Lipinski definition) is 3. The summed E-state index contributed by atoms with van der Waals surface area (Å²) in [6, 6.07) is 3.96. The van der Waals surface area contributed by atoms with E-state index in [-0.39, 0.29) is 23.0 Å².